The van der Waals surface area contributed by atoms with Gasteiger partial charge in [0.05, 0.1) is 11.3 Å². The molecule has 4 rings (SSSR count). The van der Waals surface area contributed by atoms with Gasteiger partial charge in [-0.1, -0.05) is 67.9 Å². The molecule has 0 spiro atoms. The molecule has 0 saturated heterocycles. The molecule has 2 aromatic carbocycles. The normalized spacial score (nSPS) is 12.0. The highest BCUT2D eigenvalue weighted by atomic mass is 35.5. The second-order valence-corrected chi connectivity index (χ2v) is 9.29. The maximum absolute atomic E-state index is 13.6. The van der Waals surface area contributed by atoms with E-state index in [4.69, 9.17) is 16.6 Å². The molecule has 2 N–H and O–H groups in total. The Hall–Kier alpha value is -3.48. The van der Waals surface area contributed by atoms with Crippen LogP contribution in [-0.2, 0) is 13.5 Å². The molecule has 0 bridgehead atoms. The van der Waals surface area contributed by atoms with Crippen molar-refractivity contribution in [1.29, 1.82) is 0 Å². The fraction of sp³-hybridized carbons (Fsp3) is 0.250. The summed E-state index contributed by atoms with van der Waals surface area (Å²) in [6.45, 7) is 4.88. The monoisotopic (exact) mass is 487 g/mol. The Morgan fingerprint density at radius 1 is 0.971 bits per heavy atom. The summed E-state index contributed by atoms with van der Waals surface area (Å²) in [4.78, 5) is 22.7. The number of rotatable bonds is 9. The molecule has 4 aromatic rings. The van der Waals surface area contributed by atoms with Crippen molar-refractivity contribution in [2.75, 3.05) is 11.9 Å². The molecule has 0 aliphatic rings. The van der Waals surface area contributed by atoms with Crippen LogP contribution in [0.4, 0.5) is 5.95 Å². The molecular weight excluding hydrogens is 458 g/mol. The average molecular weight is 488 g/mol. The van der Waals surface area contributed by atoms with E-state index in [2.05, 4.69) is 53.7 Å². The van der Waals surface area contributed by atoms with Gasteiger partial charge in [0, 0.05) is 48.7 Å². The molecule has 0 amide bonds. The number of nitrogens with one attached hydrogen (secondary N) is 2. The minimum Gasteiger partial charge on any atom is -0.354 e. The average Bonchev–Trinajstić information content (AvgIpc) is 2.85. The molecule has 180 valence electrons. The molecule has 0 fully saturated rings. The van der Waals surface area contributed by atoms with Crippen LogP contribution < -0.4 is 16.2 Å². The smallest absolute Gasteiger partial charge is 0.263 e. The van der Waals surface area contributed by atoms with Crippen LogP contribution in [-0.4, -0.2) is 33.2 Å². The van der Waals surface area contributed by atoms with Crippen molar-refractivity contribution < 1.29 is 0 Å². The Labute approximate surface area is 211 Å². The predicted molar refractivity (Wildman–Crippen MR) is 144 cm³/mol. The number of hydrogen-bond donors (Lipinski definition) is 2. The van der Waals surface area contributed by atoms with Crippen LogP contribution in [0.25, 0.3) is 22.4 Å². The first kappa shape index (κ1) is 24.6. The summed E-state index contributed by atoms with van der Waals surface area (Å²) in [5.41, 5.74) is 3.75. The van der Waals surface area contributed by atoms with Gasteiger partial charge in [0.2, 0.25) is 5.95 Å². The van der Waals surface area contributed by atoms with E-state index in [-0.39, 0.29) is 11.6 Å². The summed E-state index contributed by atoms with van der Waals surface area (Å²) in [6.07, 6.45) is 4.26. The van der Waals surface area contributed by atoms with E-state index in [0.29, 0.717) is 34.8 Å². The number of pyridine rings is 1. The first-order valence-corrected chi connectivity index (χ1v) is 12.1. The van der Waals surface area contributed by atoms with E-state index in [1.807, 2.05) is 30.3 Å². The minimum absolute atomic E-state index is 0.145. The van der Waals surface area contributed by atoms with Gasteiger partial charge >= 0.3 is 0 Å². The van der Waals surface area contributed by atoms with Crippen LogP contribution >= 0.6 is 11.6 Å². The molecule has 0 unspecified atom stereocenters. The molecular formula is C28H30ClN5O. The SMILES string of the molecule is CC(C)N[C@H](CNc1nc(-c2ccncc2)c(-c2cccc(Cl)c2)c(=O)n1C)Cc1ccccc1. The van der Waals surface area contributed by atoms with Gasteiger partial charge in [0.15, 0.2) is 0 Å². The van der Waals surface area contributed by atoms with Crippen molar-refractivity contribution >= 4 is 17.5 Å². The van der Waals surface area contributed by atoms with Crippen molar-refractivity contribution in [2.45, 2.75) is 32.4 Å². The van der Waals surface area contributed by atoms with Gasteiger partial charge in [-0.3, -0.25) is 14.3 Å². The lowest BCUT2D eigenvalue weighted by Gasteiger charge is -2.23. The van der Waals surface area contributed by atoms with E-state index in [1.165, 1.54) is 5.56 Å². The Morgan fingerprint density at radius 3 is 2.40 bits per heavy atom. The van der Waals surface area contributed by atoms with E-state index >= 15 is 0 Å². The highest BCUT2D eigenvalue weighted by molar-refractivity contribution is 6.30. The molecule has 2 aromatic heterocycles. The summed E-state index contributed by atoms with van der Waals surface area (Å²) >= 11 is 6.25. The summed E-state index contributed by atoms with van der Waals surface area (Å²) < 4.78 is 1.57. The standard InChI is InChI=1S/C28H30ClN5O/c1-19(2)32-24(16-20-8-5-4-6-9-20)18-31-28-33-26(21-12-14-30-15-13-21)25(27(35)34(28)3)22-10-7-11-23(29)17-22/h4-15,17,19,24,32H,16,18H2,1-3H3,(H,31,33)/t24-/m0/s1. The molecule has 0 radical (unpaired) electrons. The van der Waals surface area contributed by atoms with Crippen molar-refractivity contribution in [1.82, 2.24) is 19.9 Å². The number of hydrogen-bond acceptors (Lipinski definition) is 5. The summed E-state index contributed by atoms with van der Waals surface area (Å²) in [7, 11) is 1.74. The quantitative estimate of drug-likeness (QED) is 0.340. The number of anilines is 1. The molecule has 0 saturated carbocycles. The third-order valence-corrected chi connectivity index (χ3v) is 5.99. The van der Waals surface area contributed by atoms with E-state index in [9.17, 15) is 4.79 Å². The Balaban J connectivity index is 1.71. The van der Waals surface area contributed by atoms with Crippen LogP contribution in [0.5, 0.6) is 0 Å². The third-order valence-electron chi connectivity index (χ3n) is 5.76. The maximum Gasteiger partial charge on any atom is 0.263 e. The van der Waals surface area contributed by atoms with Crippen molar-refractivity contribution in [3.8, 4) is 22.4 Å². The highest BCUT2D eigenvalue weighted by Gasteiger charge is 2.19. The fourth-order valence-electron chi connectivity index (χ4n) is 4.16. The first-order chi connectivity index (χ1) is 16.9. The van der Waals surface area contributed by atoms with Gasteiger partial charge in [-0.25, -0.2) is 4.98 Å². The molecule has 2 heterocycles. The number of halogens is 1. The van der Waals surface area contributed by atoms with Crippen LogP contribution in [0.2, 0.25) is 5.02 Å². The number of nitrogens with zero attached hydrogens (tertiary/aromatic N) is 3. The third kappa shape index (κ3) is 6.15. The summed E-state index contributed by atoms with van der Waals surface area (Å²) in [5, 5.41) is 7.61. The van der Waals surface area contributed by atoms with Gasteiger partial charge in [0.1, 0.15) is 0 Å². The van der Waals surface area contributed by atoms with Crippen molar-refractivity contribution in [2.24, 2.45) is 7.05 Å². The second-order valence-electron chi connectivity index (χ2n) is 8.86. The second kappa shape index (κ2) is 11.3. The minimum atomic E-state index is -0.145. The predicted octanol–water partition coefficient (Wildman–Crippen LogP) is 5.18. The maximum atomic E-state index is 13.6. The summed E-state index contributed by atoms with van der Waals surface area (Å²) in [6, 6.07) is 21.9. The molecule has 35 heavy (non-hydrogen) atoms. The van der Waals surface area contributed by atoms with Gasteiger partial charge in [0.25, 0.3) is 5.56 Å². The van der Waals surface area contributed by atoms with Gasteiger partial charge < -0.3 is 10.6 Å². The topological polar surface area (TPSA) is 71.8 Å². The lowest BCUT2D eigenvalue weighted by molar-refractivity contribution is 0.473. The molecule has 0 aliphatic carbocycles. The Kier molecular flexibility index (Phi) is 7.95. The first-order valence-electron chi connectivity index (χ1n) is 11.7. The van der Waals surface area contributed by atoms with E-state index in [1.54, 1.807) is 36.1 Å². The van der Waals surface area contributed by atoms with Crippen molar-refractivity contribution in [3.05, 3.63) is 100 Å². The molecule has 6 nitrogen and oxygen atoms in total. The number of aromatic nitrogens is 3. The van der Waals surface area contributed by atoms with Gasteiger partial charge in [-0.15, -0.1) is 0 Å². The highest BCUT2D eigenvalue weighted by Crippen LogP contribution is 2.30. The number of benzene rings is 2. The van der Waals surface area contributed by atoms with E-state index in [0.717, 1.165) is 17.5 Å². The fourth-order valence-corrected chi connectivity index (χ4v) is 4.35. The Bertz CT molecular complexity index is 1320. The van der Waals surface area contributed by atoms with Crippen LogP contribution in [0.1, 0.15) is 19.4 Å². The van der Waals surface area contributed by atoms with E-state index < -0.39 is 0 Å². The lowest BCUT2D eigenvalue weighted by Crippen LogP contribution is -2.42. The van der Waals surface area contributed by atoms with Crippen LogP contribution in [0, 0.1) is 0 Å². The van der Waals surface area contributed by atoms with Gasteiger partial charge in [-0.05, 0) is 41.8 Å². The summed E-state index contributed by atoms with van der Waals surface area (Å²) in [5.74, 6) is 0.510. The lowest BCUT2D eigenvalue weighted by atomic mass is 10.0. The van der Waals surface area contributed by atoms with Crippen LogP contribution in [0.15, 0.2) is 83.9 Å². The largest absolute Gasteiger partial charge is 0.354 e. The zero-order chi connectivity index (χ0) is 24.8. The van der Waals surface area contributed by atoms with Gasteiger partial charge in [-0.2, -0.15) is 0 Å². The molecule has 0 aliphatic heterocycles. The zero-order valence-electron chi connectivity index (χ0n) is 20.2. The van der Waals surface area contributed by atoms with Crippen molar-refractivity contribution in [3.63, 3.8) is 0 Å². The molecule has 7 heteroatoms. The van der Waals surface area contributed by atoms with Crippen LogP contribution in [0.3, 0.4) is 0 Å². The Morgan fingerprint density at radius 2 is 1.71 bits per heavy atom. The molecule has 1 atom stereocenters. The zero-order valence-corrected chi connectivity index (χ0v) is 21.0.